The fourth-order valence-electron chi connectivity index (χ4n) is 3.01. The molecule has 1 aliphatic heterocycles. The smallest absolute Gasteiger partial charge is 0.251 e. The number of carbonyl (C=O) groups is 1. The van der Waals surface area contributed by atoms with Crippen molar-refractivity contribution in [3.8, 4) is 0 Å². The molecule has 0 radical (unpaired) electrons. The predicted octanol–water partition coefficient (Wildman–Crippen LogP) is 3.58. The van der Waals surface area contributed by atoms with Crippen LogP contribution in [0.25, 0.3) is 0 Å². The quantitative estimate of drug-likeness (QED) is 0.819. The zero-order chi connectivity index (χ0) is 19.4. The monoisotopic (exact) mass is 410 g/mol. The summed E-state index contributed by atoms with van der Waals surface area (Å²) in [5.74, 6) is -0.910. The van der Waals surface area contributed by atoms with Gasteiger partial charge in [-0.15, -0.1) is 0 Å². The van der Waals surface area contributed by atoms with E-state index in [1.165, 1.54) is 28.6 Å². The van der Waals surface area contributed by atoms with Gasteiger partial charge >= 0.3 is 0 Å². The van der Waals surface area contributed by atoms with E-state index in [4.69, 9.17) is 11.6 Å². The van der Waals surface area contributed by atoms with Crippen molar-refractivity contribution in [3.05, 3.63) is 64.4 Å². The summed E-state index contributed by atoms with van der Waals surface area (Å²) in [4.78, 5) is 12.3. The molecule has 0 aliphatic carbocycles. The Labute approximate surface area is 163 Å². The number of halogens is 2. The molecule has 1 amide bonds. The highest BCUT2D eigenvalue weighted by Crippen LogP contribution is 2.28. The van der Waals surface area contributed by atoms with E-state index in [1.54, 1.807) is 18.2 Å². The first-order chi connectivity index (χ1) is 12.9. The van der Waals surface area contributed by atoms with Gasteiger partial charge in [0.05, 0.1) is 5.02 Å². The van der Waals surface area contributed by atoms with Gasteiger partial charge in [-0.05, 0) is 37.1 Å². The Balaban J connectivity index is 1.80. The molecule has 27 heavy (non-hydrogen) atoms. The van der Waals surface area contributed by atoms with Gasteiger partial charge in [0.25, 0.3) is 5.91 Å². The Morgan fingerprint density at radius 1 is 1.11 bits per heavy atom. The summed E-state index contributed by atoms with van der Waals surface area (Å²) < 4.78 is 40.8. The molecule has 3 rings (SSSR count). The number of amides is 1. The largest absolute Gasteiger partial charge is 0.348 e. The molecule has 144 valence electrons. The van der Waals surface area contributed by atoms with Crippen LogP contribution in [0.5, 0.6) is 0 Å². The van der Waals surface area contributed by atoms with Crippen LogP contribution in [0.3, 0.4) is 0 Å². The maximum Gasteiger partial charge on any atom is 0.251 e. The average molecular weight is 411 g/mol. The van der Waals surface area contributed by atoms with Gasteiger partial charge in [0.15, 0.2) is 0 Å². The maximum atomic E-state index is 13.7. The highest BCUT2D eigenvalue weighted by Gasteiger charge is 2.28. The molecule has 2 aromatic carbocycles. The number of nitrogens with one attached hydrogen (secondary N) is 1. The molecule has 5 nitrogen and oxygen atoms in total. The summed E-state index contributed by atoms with van der Waals surface area (Å²) in [6.07, 6.45) is 2.61. The third-order valence-electron chi connectivity index (χ3n) is 4.52. The van der Waals surface area contributed by atoms with Gasteiger partial charge in [0, 0.05) is 30.8 Å². The maximum absolute atomic E-state index is 13.7. The molecule has 1 fully saturated rings. The summed E-state index contributed by atoms with van der Waals surface area (Å²) >= 11 is 6.11. The SMILES string of the molecule is O=C(NCc1ccccc1F)c1ccc(Cl)c(S(=O)(=O)N2CCCCC2)c1. The second kappa shape index (κ2) is 8.37. The third kappa shape index (κ3) is 4.48. The molecule has 1 N–H and O–H groups in total. The lowest BCUT2D eigenvalue weighted by Crippen LogP contribution is -2.36. The van der Waals surface area contributed by atoms with E-state index in [-0.39, 0.29) is 22.0 Å². The van der Waals surface area contributed by atoms with Crippen molar-refractivity contribution >= 4 is 27.5 Å². The van der Waals surface area contributed by atoms with E-state index in [9.17, 15) is 17.6 Å². The molecule has 1 heterocycles. The van der Waals surface area contributed by atoms with Crippen molar-refractivity contribution in [1.29, 1.82) is 0 Å². The van der Waals surface area contributed by atoms with Crippen LogP contribution in [0, 0.1) is 5.82 Å². The van der Waals surface area contributed by atoms with Crippen LogP contribution < -0.4 is 5.32 Å². The minimum absolute atomic E-state index is 0.00232. The first-order valence-corrected chi connectivity index (χ1v) is 10.5. The van der Waals surface area contributed by atoms with E-state index in [0.29, 0.717) is 18.7 Å². The number of sulfonamides is 1. The second-order valence-corrected chi connectivity index (χ2v) is 8.70. The van der Waals surface area contributed by atoms with Crippen molar-refractivity contribution in [3.63, 3.8) is 0 Å². The van der Waals surface area contributed by atoms with Crippen molar-refractivity contribution in [2.75, 3.05) is 13.1 Å². The number of benzene rings is 2. The molecule has 1 saturated heterocycles. The Morgan fingerprint density at radius 2 is 1.81 bits per heavy atom. The molecule has 8 heteroatoms. The molecule has 0 atom stereocenters. The number of hydrogen-bond donors (Lipinski definition) is 1. The fraction of sp³-hybridized carbons (Fsp3) is 0.316. The molecule has 2 aromatic rings. The Bertz CT molecular complexity index is 944. The summed E-state index contributed by atoms with van der Waals surface area (Å²) in [5, 5.41) is 2.68. The second-order valence-electron chi connectivity index (χ2n) is 6.38. The minimum Gasteiger partial charge on any atom is -0.348 e. The molecular formula is C19H20ClFN2O3S. The van der Waals surface area contributed by atoms with Gasteiger partial charge in [-0.2, -0.15) is 4.31 Å². The lowest BCUT2D eigenvalue weighted by molar-refractivity contribution is 0.0950. The number of carbonyl (C=O) groups excluding carboxylic acids is 1. The molecule has 0 bridgehead atoms. The van der Waals surface area contributed by atoms with E-state index in [0.717, 1.165) is 19.3 Å². The Morgan fingerprint density at radius 3 is 2.52 bits per heavy atom. The van der Waals surface area contributed by atoms with Crippen LogP contribution in [0.1, 0.15) is 35.2 Å². The predicted molar refractivity (Wildman–Crippen MR) is 102 cm³/mol. The molecule has 0 unspecified atom stereocenters. The standard InChI is InChI=1S/C19H20ClFN2O3S/c20-16-9-8-14(19(24)22-13-15-6-2-3-7-17(15)21)12-18(16)27(25,26)23-10-4-1-5-11-23/h2-3,6-9,12H,1,4-5,10-11,13H2,(H,22,24). The number of piperidine rings is 1. The normalized spacial score (nSPS) is 15.5. The summed E-state index contributed by atoms with van der Waals surface area (Å²) in [6.45, 7) is 0.896. The van der Waals surface area contributed by atoms with Gasteiger partial charge < -0.3 is 5.32 Å². The van der Waals surface area contributed by atoms with Gasteiger partial charge in [-0.25, -0.2) is 12.8 Å². The zero-order valence-corrected chi connectivity index (χ0v) is 16.2. The Kier molecular flexibility index (Phi) is 6.14. The van der Waals surface area contributed by atoms with Crippen molar-refractivity contribution in [1.82, 2.24) is 9.62 Å². The van der Waals surface area contributed by atoms with Gasteiger partial charge in [-0.1, -0.05) is 36.2 Å². The van der Waals surface area contributed by atoms with E-state index in [1.807, 2.05) is 0 Å². The summed E-state index contributed by atoms with van der Waals surface area (Å²) in [5.41, 5.74) is 0.507. The first-order valence-electron chi connectivity index (χ1n) is 8.71. The van der Waals surface area contributed by atoms with Gasteiger partial charge in [0.1, 0.15) is 10.7 Å². The van der Waals surface area contributed by atoms with E-state index in [2.05, 4.69) is 5.32 Å². The van der Waals surface area contributed by atoms with Crippen LogP contribution in [0.15, 0.2) is 47.4 Å². The molecule has 0 spiro atoms. The Hall–Kier alpha value is -1.96. The van der Waals surface area contributed by atoms with Crippen LogP contribution in [0.4, 0.5) is 4.39 Å². The first kappa shape index (κ1) is 19.8. The van der Waals surface area contributed by atoms with E-state index >= 15 is 0 Å². The minimum atomic E-state index is -3.76. The van der Waals surface area contributed by atoms with Crippen LogP contribution in [-0.2, 0) is 16.6 Å². The third-order valence-corrected chi connectivity index (χ3v) is 6.90. The van der Waals surface area contributed by atoms with Crippen LogP contribution in [0.2, 0.25) is 5.02 Å². The zero-order valence-electron chi connectivity index (χ0n) is 14.6. The number of nitrogens with zero attached hydrogens (tertiary/aromatic N) is 1. The number of rotatable bonds is 5. The lowest BCUT2D eigenvalue weighted by Gasteiger charge is -2.26. The van der Waals surface area contributed by atoms with Crippen LogP contribution >= 0.6 is 11.6 Å². The highest BCUT2D eigenvalue weighted by atomic mass is 35.5. The molecule has 0 saturated carbocycles. The molecule has 1 aliphatic rings. The van der Waals surface area contributed by atoms with Crippen molar-refractivity contribution in [2.24, 2.45) is 0 Å². The molecular weight excluding hydrogens is 391 g/mol. The van der Waals surface area contributed by atoms with Gasteiger partial charge in [-0.3, -0.25) is 4.79 Å². The summed E-state index contributed by atoms with van der Waals surface area (Å²) in [6, 6.07) is 10.3. The van der Waals surface area contributed by atoms with Crippen molar-refractivity contribution < 1.29 is 17.6 Å². The van der Waals surface area contributed by atoms with Gasteiger partial charge in [0.2, 0.25) is 10.0 Å². The average Bonchev–Trinajstić information content (AvgIpc) is 2.68. The fourth-order valence-corrected chi connectivity index (χ4v) is 5.02. The summed E-state index contributed by atoms with van der Waals surface area (Å²) in [7, 11) is -3.76. The lowest BCUT2D eigenvalue weighted by atomic mass is 10.2. The van der Waals surface area contributed by atoms with E-state index < -0.39 is 21.7 Å². The topological polar surface area (TPSA) is 66.5 Å². The molecule has 0 aromatic heterocycles. The van der Waals surface area contributed by atoms with Crippen molar-refractivity contribution in [2.45, 2.75) is 30.7 Å². The number of hydrogen-bond acceptors (Lipinski definition) is 3. The van der Waals surface area contributed by atoms with Crippen LogP contribution in [-0.4, -0.2) is 31.7 Å². The highest BCUT2D eigenvalue weighted by molar-refractivity contribution is 7.89.